The van der Waals surface area contributed by atoms with Crippen LogP contribution in [0.25, 0.3) is 0 Å². The normalized spacial score (nSPS) is 10.8. The van der Waals surface area contributed by atoms with Gasteiger partial charge >= 0.3 is 6.03 Å². The summed E-state index contributed by atoms with van der Waals surface area (Å²) < 4.78 is 0. The quantitative estimate of drug-likeness (QED) is 0.806. The number of nitrogens with one attached hydrogen (secondary N) is 3. The Labute approximate surface area is 122 Å². The van der Waals surface area contributed by atoms with E-state index >= 15 is 0 Å². The smallest absolute Gasteiger partial charge is 0.291 e. The first-order valence-electron chi connectivity index (χ1n) is 6.58. The molecule has 0 aliphatic carbocycles. The van der Waals surface area contributed by atoms with Crippen LogP contribution in [0.3, 0.4) is 0 Å². The van der Waals surface area contributed by atoms with E-state index in [0.717, 1.165) is 22.6 Å². The van der Waals surface area contributed by atoms with Gasteiger partial charge in [0.15, 0.2) is 5.82 Å². The van der Waals surface area contributed by atoms with Crippen molar-refractivity contribution in [2.24, 2.45) is 0 Å². The van der Waals surface area contributed by atoms with Gasteiger partial charge in [-0.15, -0.1) is 11.3 Å². The van der Waals surface area contributed by atoms with Gasteiger partial charge in [-0.1, -0.05) is 20.8 Å². The average molecular weight is 293 g/mol. The molecule has 2 heterocycles. The largest absolute Gasteiger partial charge is 0.326 e. The van der Waals surface area contributed by atoms with E-state index < -0.39 is 0 Å². The number of rotatable bonds is 4. The highest BCUT2D eigenvalue weighted by molar-refractivity contribution is 7.10. The van der Waals surface area contributed by atoms with Crippen molar-refractivity contribution in [2.75, 3.05) is 10.6 Å². The molecule has 0 aliphatic rings. The first kappa shape index (κ1) is 14.5. The maximum absolute atomic E-state index is 12.0. The van der Waals surface area contributed by atoms with Crippen LogP contribution >= 0.6 is 11.3 Å². The van der Waals surface area contributed by atoms with Gasteiger partial charge in [-0.25, -0.2) is 9.78 Å². The van der Waals surface area contributed by atoms with Crippen molar-refractivity contribution in [3.63, 3.8) is 0 Å². The predicted molar refractivity (Wildman–Crippen MR) is 81.5 cm³/mol. The van der Waals surface area contributed by atoms with Crippen molar-refractivity contribution < 1.29 is 4.79 Å². The zero-order valence-electron chi connectivity index (χ0n) is 12.1. The molecule has 0 bridgehead atoms. The topological polar surface area (TPSA) is 82.7 Å². The van der Waals surface area contributed by atoms with Crippen molar-refractivity contribution in [3.8, 4) is 0 Å². The summed E-state index contributed by atoms with van der Waals surface area (Å²) in [6.45, 7) is 8.11. The van der Waals surface area contributed by atoms with E-state index in [0.29, 0.717) is 17.6 Å². The zero-order valence-corrected chi connectivity index (χ0v) is 12.9. The maximum Gasteiger partial charge on any atom is 0.326 e. The monoisotopic (exact) mass is 293 g/mol. The van der Waals surface area contributed by atoms with Crippen LogP contribution < -0.4 is 10.6 Å². The Morgan fingerprint density at radius 1 is 1.40 bits per heavy atom. The maximum atomic E-state index is 12.0. The molecule has 2 aromatic heterocycles. The summed E-state index contributed by atoms with van der Waals surface area (Å²) in [5.74, 6) is 1.52. The fourth-order valence-corrected chi connectivity index (χ4v) is 2.75. The van der Waals surface area contributed by atoms with E-state index in [1.165, 1.54) is 0 Å². The summed E-state index contributed by atoms with van der Waals surface area (Å²) in [7, 11) is 0. The van der Waals surface area contributed by atoms with Gasteiger partial charge in [0.25, 0.3) is 0 Å². The molecule has 3 N–H and O–H groups in total. The molecule has 0 fully saturated rings. The minimum Gasteiger partial charge on any atom is -0.291 e. The Morgan fingerprint density at radius 2 is 2.10 bits per heavy atom. The van der Waals surface area contributed by atoms with Crippen LogP contribution in [-0.4, -0.2) is 21.2 Å². The predicted octanol–water partition coefficient (Wildman–Crippen LogP) is 3.50. The summed E-state index contributed by atoms with van der Waals surface area (Å²) in [5.41, 5.74) is 3.73. The molecule has 2 rings (SSSR count). The minimum atomic E-state index is -0.320. The second-order valence-corrected chi connectivity index (χ2v) is 5.71. The van der Waals surface area contributed by atoms with Gasteiger partial charge in [-0.3, -0.25) is 15.7 Å². The molecule has 6 nitrogen and oxygen atoms in total. The first-order valence-corrected chi connectivity index (χ1v) is 7.46. The molecule has 108 valence electrons. The van der Waals surface area contributed by atoms with Crippen molar-refractivity contribution in [1.82, 2.24) is 15.2 Å². The van der Waals surface area contributed by atoms with Crippen LogP contribution in [0.15, 0.2) is 5.51 Å². The number of H-pyrrole nitrogens is 1. The zero-order chi connectivity index (χ0) is 14.7. The number of aromatic amines is 1. The van der Waals surface area contributed by atoms with Crippen LogP contribution in [0.1, 0.15) is 42.8 Å². The molecule has 0 aliphatic heterocycles. The van der Waals surface area contributed by atoms with Gasteiger partial charge in [0, 0.05) is 11.3 Å². The third kappa shape index (κ3) is 2.98. The number of anilines is 2. The third-order valence-electron chi connectivity index (χ3n) is 3.01. The Bertz CT molecular complexity index is 602. The van der Waals surface area contributed by atoms with E-state index in [9.17, 15) is 4.79 Å². The molecule has 0 aromatic carbocycles. The van der Waals surface area contributed by atoms with Crippen molar-refractivity contribution in [2.45, 2.75) is 40.0 Å². The summed E-state index contributed by atoms with van der Waals surface area (Å²) in [5, 5.41) is 12.5. The summed E-state index contributed by atoms with van der Waals surface area (Å²) in [6, 6.07) is -0.320. The number of hydrogen-bond acceptors (Lipinski definition) is 4. The molecule has 0 unspecified atom stereocenters. The van der Waals surface area contributed by atoms with E-state index in [-0.39, 0.29) is 6.03 Å². The SMILES string of the molecule is CCc1c(NC(=O)Nc2ncsc2C(C)C)n[nH]c1C. The molecular weight excluding hydrogens is 274 g/mol. The van der Waals surface area contributed by atoms with E-state index in [1.54, 1.807) is 16.8 Å². The fraction of sp³-hybridized carbons (Fsp3) is 0.462. The van der Waals surface area contributed by atoms with Crippen LogP contribution in [0.2, 0.25) is 0 Å². The van der Waals surface area contributed by atoms with E-state index in [1.807, 2.05) is 13.8 Å². The van der Waals surface area contributed by atoms with Crippen molar-refractivity contribution >= 4 is 29.0 Å². The lowest BCUT2D eigenvalue weighted by atomic mass is 10.2. The Kier molecular flexibility index (Phi) is 4.39. The van der Waals surface area contributed by atoms with Crippen molar-refractivity contribution in [3.05, 3.63) is 21.6 Å². The molecule has 0 spiro atoms. The second kappa shape index (κ2) is 6.04. The molecule has 20 heavy (non-hydrogen) atoms. The van der Waals surface area contributed by atoms with Gasteiger partial charge in [0.05, 0.1) is 10.4 Å². The fourth-order valence-electron chi connectivity index (χ4n) is 1.99. The average Bonchev–Trinajstić information content (AvgIpc) is 2.96. The van der Waals surface area contributed by atoms with Gasteiger partial charge in [-0.05, 0) is 19.3 Å². The number of thiazole rings is 1. The number of amides is 2. The molecule has 2 amide bonds. The van der Waals surface area contributed by atoms with Crippen molar-refractivity contribution in [1.29, 1.82) is 0 Å². The van der Waals surface area contributed by atoms with Gasteiger partial charge in [0.1, 0.15) is 5.82 Å². The number of nitrogens with zero attached hydrogens (tertiary/aromatic N) is 2. The van der Waals surface area contributed by atoms with Gasteiger partial charge < -0.3 is 0 Å². The third-order valence-corrected chi connectivity index (χ3v) is 4.14. The molecule has 7 heteroatoms. The van der Waals surface area contributed by atoms with Gasteiger partial charge in [0.2, 0.25) is 0 Å². The number of aromatic nitrogens is 3. The highest BCUT2D eigenvalue weighted by Gasteiger charge is 2.15. The molecule has 0 saturated carbocycles. The van der Waals surface area contributed by atoms with Crippen LogP contribution in [0.5, 0.6) is 0 Å². The number of hydrogen-bond donors (Lipinski definition) is 3. The standard InChI is InChI=1S/C13H19N5OS/c1-5-9-8(4)17-18-11(9)15-13(19)16-12-10(7(2)3)20-6-14-12/h6-7H,5H2,1-4H3,(H3,15,16,17,18,19). The summed E-state index contributed by atoms with van der Waals surface area (Å²) in [4.78, 5) is 17.3. The van der Waals surface area contributed by atoms with Gasteiger partial charge in [-0.2, -0.15) is 5.10 Å². The lowest BCUT2D eigenvalue weighted by molar-refractivity contribution is 0.262. The minimum absolute atomic E-state index is 0.320. The lowest BCUT2D eigenvalue weighted by Crippen LogP contribution is -2.21. The van der Waals surface area contributed by atoms with E-state index in [4.69, 9.17) is 0 Å². The Hall–Kier alpha value is -1.89. The van der Waals surface area contributed by atoms with Crippen LogP contribution in [0, 0.1) is 6.92 Å². The lowest BCUT2D eigenvalue weighted by Gasteiger charge is -2.08. The number of carbonyl (C=O) groups excluding carboxylic acids is 1. The molecule has 0 radical (unpaired) electrons. The summed E-state index contributed by atoms with van der Waals surface area (Å²) in [6.07, 6.45) is 0.811. The Balaban J connectivity index is 2.07. The first-order chi connectivity index (χ1) is 9.52. The number of carbonyl (C=O) groups is 1. The molecular formula is C13H19N5OS. The van der Waals surface area contributed by atoms with Crippen LogP contribution in [0.4, 0.5) is 16.4 Å². The number of urea groups is 1. The van der Waals surface area contributed by atoms with Crippen LogP contribution in [-0.2, 0) is 6.42 Å². The molecule has 0 atom stereocenters. The Morgan fingerprint density at radius 3 is 2.75 bits per heavy atom. The highest BCUT2D eigenvalue weighted by atomic mass is 32.1. The summed E-state index contributed by atoms with van der Waals surface area (Å²) >= 11 is 1.54. The second-order valence-electron chi connectivity index (χ2n) is 4.83. The van der Waals surface area contributed by atoms with E-state index in [2.05, 4.69) is 39.7 Å². The molecule has 0 saturated heterocycles. The highest BCUT2D eigenvalue weighted by Crippen LogP contribution is 2.27. The molecule has 2 aromatic rings. The number of aryl methyl sites for hydroxylation is 1.